The maximum atomic E-state index is 13.6. The highest BCUT2D eigenvalue weighted by Gasteiger charge is 2.20. The largest absolute Gasteiger partial charge is 0.389 e. The SMILES string of the molecule is C[C@@H](O)c1cc(F)ccc1-n1nc(Cl)cc1C/C(=C/NCC1CC1)N=N. The summed E-state index contributed by atoms with van der Waals surface area (Å²) in [6, 6.07) is 5.82. The summed E-state index contributed by atoms with van der Waals surface area (Å²) < 4.78 is 15.1. The van der Waals surface area contributed by atoms with Gasteiger partial charge >= 0.3 is 0 Å². The van der Waals surface area contributed by atoms with Gasteiger partial charge in [-0.2, -0.15) is 10.2 Å². The van der Waals surface area contributed by atoms with Crippen molar-refractivity contribution in [2.75, 3.05) is 6.54 Å². The number of aromatic nitrogens is 2. The lowest BCUT2D eigenvalue weighted by atomic mass is 10.1. The van der Waals surface area contributed by atoms with Crippen LogP contribution in [0.15, 0.2) is 41.3 Å². The van der Waals surface area contributed by atoms with Gasteiger partial charge in [0.15, 0.2) is 5.15 Å². The van der Waals surface area contributed by atoms with Crippen molar-refractivity contribution >= 4 is 11.6 Å². The molecule has 1 aromatic carbocycles. The standard InChI is InChI=1S/C18H21ClFN5O/c1-11(26)16-6-13(20)4-5-17(16)25-15(8-18(19)24-25)7-14(23-21)10-22-9-12-2-3-12/h4-6,8,10-12,21-22,26H,2-3,7,9H2,1H3/b14-10-,23-21?/t11-/m1/s1. The Kier molecular flexibility index (Phi) is 5.68. The Morgan fingerprint density at radius 1 is 1.54 bits per heavy atom. The zero-order chi connectivity index (χ0) is 18.7. The van der Waals surface area contributed by atoms with Crippen molar-refractivity contribution in [3.05, 3.63) is 58.4 Å². The second-order valence-corrected chi connectivity index (χ2v) is 6.91. The first-order valence-electron chi connectivity index (χ1n) is 8.50. The topological polar surface area (TPSA) is 86.3 Å². The van der Waals surface area contributed by atoms with Crippen molar-refractivity contribution in [3.8, 4) is 5.69 Å². The van der Waals surface area contributed by atoms with Crippen LogP contribution in [0.4, 0.5) is 4.39 Å². The van der Waals surface area contributed by atoms with E-state index < -0.39 is 11.9 Å². The molecule has 0 saturated heterocycles. The molecule has 1 heterocycles. The predicted molar refractivity (Wildman–Crippen MR) is 96.8 cm³/mol. The van der Waals surface area contributed by atoms with Crippen molar-refractivity contribution in [1.82, 2.24) is 15.1 Å². The molecular weight excluding hydrogens is 357 g/mol. The third kappa shape index (κ3) is 4.47. The quantitative estimate of drug-likeness (QED) is 0.604. The fraction of sp³-hybridized carbons (Fsp3) is 0.389. The molecule has 0 amide bonds. The van der Waals surface area contributed by atoms with E-state index in [2.05, 4.69) is 15.5 Å². The summed E-state index contributed by atoms with van der Waals surface area (Å²) in [5.41, 5.74) is 9.57. The summed E-state index contributed by atoms with van der Waals surface area (Å²) in [6.07, 6.45) is 3.67. The van der Waals surface area contributed by atoms with E-state index in [1.165, 1.54) is 25.0 Å². The lowest BCUT2D eigenvalue weighted by Gasteiger charge is -2.14. The lowest BCUT2D eigenvalue weighted by molar-refractivity contribution is 0.198. The molecular formula is C18H21ClFN5O. The van der Waals surface area contributed by atoms with Crippen LogP contribution in [-0.2, 0) is 6.42 Å². The molecule has 0 radical (unpaired) electrons. The van der Waals surface area contributed by atoms with Gasteiger partial charge in [-0.1, -0.05) is 11.6 Å². The molecule has 3 rings (SSSR count). The van der Waals surface area contributed by atoms with Gasteiger partial charge in [0, 0.05) is 24.7 Å². The molecule has 1 aromatic heterocycles. The van der Waals surface area contributed by atoms with Crippen LogP contribution in [-0.4, -0.2) is 21.4 Å². The predicted octanol–water partition coefficient (Wildman–Crippen LogP) is 4.13. The number of benzene rings is 1. The number of nitrogens with one attached hydrogen (secondary N) is 2. The lowest BCUT2D eigenvalue weighted by Crippen LogP contribution is -2.11. The average Bonchev–Trinajstić information content (AvgIpc) is 3.35. The van der Waals surface area contributed by atoms with Gasteiger partial charge in [0.25, 0.3) is 0 Å². The van der Waals surface area contributed by atoms with E-state index in [4.69, 9.17) is 17.1 Å². The van der Waals surface area contributed by atoms with Gasteiger partial charge in [0.2, 0.25) is 0 Å². The first kappa shape index (κ1) is 18.5. The van der Waals surface area contributed by atoms with Crippen LogP contribution in [0.5, 0.6) is 0 Å². The second-order valence-electron chi connectivity index (χ2n) is 6.53. The summed E-state index contributed by atoms with van der Waals surface area (Å²) in [4.78, 5) is 0. The molecule has 6 nitrogen and oxygen atoms in total. The van der Waals surface area contributed by atoms with Crippen molar-refractivity contribution in [2.45, 2.75) is 32.3 Å². The third-order valence-electron chi connectivity index (χ3n) is 4.30. The zero-order valence-electron chi connectivity index (χ0n) is 14.4. The second kappa shape index (κ2) is 7.97. The molecule has 1 saturated carbocycles. The minimum absolute atomic E-state index is 0.274. The van der Waals surface area contributed by atoms with Gasteiger partial charge in [-0.05, 0) is 49.9 Å². The summed E-state index contributed by atoms with van der Waals surface area (Å²) in [6.45, 7) is 2.44. The van der Waals surface area contributed by atoms with E-state index in [9.17, 15) is 9.50 Å². The summed E-state index contributed by atoms with van der Waals surface area (Å²) in [7, 11) is 0. The fourth-order valence-corrected chi connectivity index (χ4v) is 2.95. The van der Waals surface area contributed by atoms with E-state index in [1.807, 2.05) is 0 Å². The normalized spacial score (nSPS) is 15.8. The molecule has 1 aliphatic carbocycles. The molecule has 0 spiro atoms. The average molecular weight is 378 g/mol. The highest BCUT2D eigenvalue weighted by atomic mass is 35.5. The van der Waals surface area contributed by atoms with Gasteiger partial charge in [0.1, 0.15) is 5.82 Å². The number of hydrogen-bond acceptors (Lipinski definition) is 5. The monoisotopic (exact) mass is 377 g/mol. The number of hydrogen-bond donors (Lipinski definition) is 3. The Morgan fingerprint density at radius 2 is 2.31 bits per heavy atom. The minimum Gasteiger partial charge on any atom is -0.389 e. The van der Waals surface area contributed by atoms with E-state index in [0.717, 1.165) is 6.54 Å². The number of nitrogens with zero attached hydrogens (tertiary/aromatic N) is 3. The number of rotatable bonds is 8. The Morgan fingerprint density at radius 3 is 2.96 bits per heavy atom. The van der Waals surface area contributed by atoms with Crippen LogP contribution in [0.2, 0.25) is 5.15 Å². The van der Waals surface area contributed by atoms with Crippen molar-refractivity contribution in [1.29, 1.82) is 5.53 Å². The molecule has 8 heteroatoms. The molecule has 2 aromatic rings. The number of aliphatic hydroxyl groups excluding tert-OH is 1. The Labute approximate surface area is 156 Å². The van der Waals surface area contributed by atoms with E-state index in [0.29, 0.717) is 35.0 Å². The highest BCUT2D eigenvalue weighted by molar-refractivity contribution is 6.29. The van der Waals surface area contributed by atoms with Crippen molar-refractivity contribution in [2.24, 2.45) is 11.0 Å². The summed E-state index contributed by atoms with van der Waals surface area (Å²) in [5.74, 6) is 0.279. The van der Waals surface area contributed by atoms with E-state index in [1.54, 1.807) is 29.9 Å². The number of allylic oxidation sites excluding steroid dienone is 1. The zero-order valence-corrected chi connectivity index (χ0v) is 15.2. The summed E-state index contributed by atoms with van der Waals surface area (Å²) >= 11 is 6.08. The van der Waals surface area contributed by atoms with Crippen LogP contribution < -0.4 is 5.32 Å². The molecule has 1 aliphatic rings. The number of halogens is 2. The maximum Gasteiger partial charge on any atom is 0.151 e. The molecule has 0 aliphatic heterocycles. The Hall–Kier alpha value is -2.25. The van der Waals surface area contributed by atoms with Crippen molar-refractivity contribution < 1.29 is 9.50 Å². The molecule has 26 heavy (non-hydrogen) atoms. The third-order valence-corrected chi connectivity index (χ3v) is 4.48. The Bertz CT molecular complexity index is 829. The molecule has 0 bridgehead atoms. The van der Waals surface area contributed by atoms with E-state index in [-0.39, 0.29) is 5.15 Å². The molecule has 1 atom stereocenters. The summed E-state index contributed by atoms with van der Waals surface area (Å²) in [5, 5.41) is 21.3. The highest BCUT2D eigenvalue weighted by Crippen LogP contribution is 2.28. The maximum absolute atomic E-state index is 13.6. The Balaban J connectivity index is 1.89. The van der Waals surface area contributed by atoms with Gasteiger partial charge in [0.05, 0.1) is 23.2 Å². The number of aliphatic hydroxyl groups is 1. The first-order valence-corrected chi connectivity index (χ1v) is 8.88. The van der Waals surface area contributed by atoms with Crippen LogP contribution in [0.3, 0.4) is 0 Å². The van der Waals surface area contributed by atoms with Gasteiger partial charge in [-0.25, -0.2) is 14.6 Å². The van der Waals surface area contributed by atoms with Crippen molar-refractivity contribution in [3.63, 3.8) is 0 Å². The molecule has 0 unspecified atom stereocenters. The molecule has 138 valence electrons. The van der Waals surface area contributed by atoms with E-state index >= 15 is 0 Å². The van der Waals surface area contributed by atoms with Gasteiger partial charge < -0.3 is 10.4 Å². The minimum atomic E-state index is -0.868. The van der Waals surface area contributed by atoms with Crippen LogP contribution >= 0.6 is 11.6 Å². The van der Waals surface area contributed by atoms with Crippen LogP contribution in [0.25, 0.3) is 5.69 Å². The smallest absolute Gasteiger partial charge is 0.151 e. The first-order chi connectivity index (χ1) is 12.5. The molecule has 3 N–H and O–H groups in total. The fourth-order valence-electron chi connectivity index (χ4n) is 2.75. The van der Waals surface area contributed by atoms with Crippen LogP contribution in [0.1, 0.15) is 37.1 Å². The van der Waals surface area contributed by atoms with Gasteiger partial charge in [-0.3, -0.25) is 0 Å². The molecule has 1 fully saturated rings. The van der Waals surface area contributed by atoms with Gasteiger partial charge in [-0.15, -0.1) is 0 Å². The van der Waals surface area contributed by atoms with Crippen LogP contribution in [0, 0.1) is 17.3 Å².